The number of hydrogen-bond acceptors (Lipinski definition) is 3. The van der Waals surface area contributed by atoms with Gasteiger partial charge in [-0.3, -0.25) is 4.79 Å². The first-order valence-electron chi connectivity index (χ1n) is 7.44. The average molecular weight is 341 g/mol. The number of benzene rings is 3. The first kappa shape index (κ1) is 16.6. The van der Waals surface area contributed by atoms with E-state index in [-0.39, 0.29) is 5.69 Å². The highest BCUT2D eigenvalue weighted by Gasteiger charge is 2.14. The molecule has 25 heavy (non-hydrogen) atoms. The Balaban J connectivity index is 1.67. The van der Waals surface area contributed by atoms with Crippen molar-refractivity contribution >= 4 is 28.3 Å². The Hall–Kier alpha value is -3.28. The molecular formula is C19H13F2NO3. The Bertz CT molecular complexity index is 951. The predicted octanol–water partition coefficient (Wildman–Crippen LogP) is 3.91. The molecule has 0 radical (unpaired) electrons. The third kappa shape index (κ3) is 3.80. The average Bonchev–Trinajstić information content (AvgIpc) is 2.62. The maximum Gasteiger partial charge on any atom is 0.339 e. The van der Waals surface area contributed by atoms with Crippen LogP contribution in [0.15, 0.2) is 60.7 Å². The molecule has 0 aliphatic heterocycles. The molecule has 0 aromatic heterocycles. The first-order chi connectivity index (χ1) is 12.0. The zero-order valence-corrected chi connectivity index (χ0v) is 13.0. The molecule has 6 heteroatoms. The fourth-order valence-corrected chi connectivity index (χ4v) is 2.39. The van der Waals surface area contributed by atoms with E-state index < -0.39 is 30.1 Å². The summed E-state index contributed by atoms with van der Waals surface area (Å²) in [7, 11) is 0. The zero-order chi connectivity index (χ0) is 17.8. The van der Waals surface area contributed by atoms with Crippen LogP contribution >= 0.6 is 0 Å². The Kier molecular flexibility index (Phi) is 4.70. The smallest absolute Gasteiger partial charge is 0.339 e. The molecule has 0 bridgehead atoms. The lowest BCUT2D eigenvalue weighted by molar-refractivity contribution is -0.119. The van der Waals surface area contributed by atoms with Crippen molar-refractivity contribution in [2.24, 2.45) is 0 Å². The van der Waals surface area contributed by atoms with Crippen molar-refractivity contribution < 1.29 is 23.1 Å². The van der Waals surface area contributed by atoms with Crippen molar-refractivity contribution in [3.63, 3.8) is 0 Å². The zero-order valence-electron chi connectivity index (χ0n) is 13.0. The molecule has 0 aliphatic carbocycles. The van der Waals surface area contributed by atoms with Crippen molar-refractivity contribution in [2.45, 2.75) is 0 Å². The summed E-state index contributed by atoms with van der Waals surface area (Å²) in [5.41, 5.74) is 0.00838. The second-order valence-electron chi connectivity index (χ2n) is 5.28. The van der Waals surface area contributed by atoms with Crippen LogP contribution < -0.4 is 5.32 Å². The Labute approximate surface area is 142 Å². The van der Waals surface area contributed by atoms with Crippen LogP contribution in [0.3, 0.4) is 0 Å². The van der Waals surface area contributed by atoms with Crippen molar-refractivity contribution in [2.75, 3.05) is 11.9 Å². The Morgan fingerprint density at radius 2 is 1.72 bits per heavy atom. The van der Waals surface area contributed by atoms with Gasteiger partial charge < -0.3 is 10.1 Å². The van der Waals surface area contributed by atoms with Crippen LogP contribution in [0.1, 0.15) is 10.4 Å². The third-order valence-corrected chi connectivity index (χ3v) is 3.55. The van der Waals surface area contributed by atoms with Crippen molar-refractivity contribution in [1.29, 1.82) is 0 Å². The standard InChI is InChI=1S/C19H13F2NO3/c20-13-8-9-16(21)17(10-13)22-18(23)11-25-19(24)15-7-3-5-12-4-1-2-6-14(12)15/h1-10H,11H2,(H,22,23). The van der Waals surface area contributed by atoms with Crippen LogP contribution in [0, 0.1) is 11.6 Å². The van der Waals surface area contributed by atoms with Gasteiger partial charge in [0.15, 0.2) is 6.61 Å². The maximum atomic E-state index is 13.5. The van der Waals surface area contributed by atoms with E-state index in [0.29, 0.717) is 10.9 Å². The second-order valence-corrected chi connectivity index (χ2v) is 5.28. The van der Waals surface area contributed by atoms with Gasteiger partial charge in [-0.15, -0.1) is 0 Å². The molecule has 1 amide bonds. The fourth-order valence-electron chi connectivity index (χ4n) is 2.39. The number of carbonyl (C=O) groups excluding carboxylic acids is 2. The van der Waals surface area contributed by atoms with Gasteiger partial charge >= 0.3 is 5.97 Å². The van der Waals surface area contributed by atoms with Crippen LogP contribution in [0.4, 0.5) is 14.5 Å². The van der Waals surface area contributed by atoms with E-state index in [1.54, 1.807) is 24.3 Å². The summed E-state index contributed by atoms with van der Waals surface area (Å²) >= 11 is 0. The van der Waals surface area contributed by atoms with Gasteiger partial charge in [-0.05, 0) is 29.0 Å². The quantitative estimate of drug-likeness (QED) is 0.732. The van der Waals surface area contributed by atoms with E-state index in [2.05, 4.69) is 5.32 Å². The number of fused-ring (bicyclic) bond motifs is 1. The molecule has 0 fully saturated rings. The molecule has 0 unspecified atom stereocenters. The van der Waals surface area contributed by atoms with Crippen LogP contribution in [0.2, 0.25) is 0 Å². The highest BCUT2D eigenvalue weighted by Crippen LogP contribution is 2.19. The summed E-state index contributed by atoms with van der Waals surface area (Å²) in [5, 5.41) is 3.73. The predicted molar refractivity (Wildman–Crippen MR) is 89.2 cm³/mol. The summed E-state index contributed by atoms with van der Waals surface area (Å²) in [6.45, 7) is -0.613. The Morgan fingerprint density at radius 1 is 0.960 bits per heavy atom. The number of halogens is 2. The van der Waals surface area contributed by atoms with Gasteiger partial charge in [-0.1, -0.05) is 36.4 Å². The summed E-state index contributed by atoms with van der Waals surface area (Å²) in [6.07, 6.45) is 0. The third-order valence-electron chi connectivity index (χ3n) is 3.55. The number of hydrogen-bond donors (Lipinski definition) is 1. The van der Waals surface area contributed by atoms with Crippen LogP contribution in [-0.2, 0) is 9.53 Å². The molecule has 126 valence electrons. The van der Waals surface area contributed by atoms with Gasteiger partial charge in [0.2, 0.25) is 0 Å². The topological polar surface area (TPSA) is 55.4 Å². The van der Waals surface area contributed by atoms with Crippen molar-refractivity contribution in [3.05, 3.63) is 77.9 Å². The van der Waals surface area contributed by atoms with Gasteiger partial charge in [-0.25, -0.2) is 13.6 Å². The highest BCUT2D eigenvalue weighted by molar-refractivity contribution is 6.05. The molecule has 1 N–H and O–H groups in total. The van der Waals surface area contributed by atoms with E-state index >= 15 is 0 Å². The van der Waals surface area contributed by atoms with Gasteiger partial charge in [0.05, 0.1) is 11.3 Å². The van der Waals surface area contributed by atoms with Gasteiger partial charge in [0.1, 0.15) is 11.6 Å². The Morgan fingerprint density at radius 3 is 2.56 bits per heavy atom. The summed E-state index contributed by atoms with van der Waals surface area (Å²) < 4.78 is 31.5. The SMILES string of the molecule is O=C(COC(=O)c1cccc2ccccc12)Nc1cc(F)ccc1F. The maximum absolute atomic E-state index is 13.5. The van der Waals surface area contributed by atoms with E-state index in [1.807, 2.05) is 18.2 Å². The number of carbonyl (C=O) groups is 2. The summed E-state index contributed by atoms with van der Waals surface area (Å²) in [4.78, 5) is 24.0. The number of amides is 1. The van der Waals surface area contributed by atoms with Crippen LogP contribution in [-0.4, -0.2) is 18.5 Å². The second kappa shape index (κ2) is 7.09. The normalized spacial score (nSPS) is 10.5. The van der Waals surface area contributed by atoms with Crippen molar-refractivity contribution in [1.82, 2.24) is 0 Å². The molecule has 0 aliphatic rings. The molecule has 3 aromatic rings. The highest BCUT2D eigenvalue weighted by atomic mass is 19.1. The lowest BCUT2D eigenvalue weighted by Gasteiger charge is -2.09. The molecule has 4 nitrogen and oxygen atoms in total. The van der Waals surface area contributed by atoms with Crippen LogP contribution in [0.5, 0.6) is 0 Å². The number of nitrogens with one attached hydrogen (secondary N) is 1. The largest absolute Gasteiger partial charge is 0.452 e. The minimum Gasteiger partial charge on any atom is -0.452 e. The van der Waals surface area contributed by atoms with E-state index in [1.165, 1.54) is 0 Å². The molecule has 3 aromatic carbocycles. The number of anilines is 1. The summed E-state index contributed by atoms with van der Waals surface area (Å²) in [6, 6.07) is 15.1. The van der Waals surface area contributed by atoms with Gasteiger partial charge in [0, 0.05) is 6.07 Å². The minimum absolute atomic E-state index is 0.314. The van der Waals surface area contributed by atoms with Crippen molar-refractivity contribution in [3.8, 4) is 0 Å². The molecule has 3 rings (SSSR count). The number of ether oxygens (including phenoxy) is 1. The molecule has 0 spiro atoms. The molecular weight excluding hydrogens is 328 g/mol. The molecule has 0 heterocycles. The lowest BCUT2D eigenvalue weighted by atomic mass is 10.1. The van der Waals surface area contributed by atoms with E-state index in [0.717, 1.165) is 23.6 Å². The minimum atomic E-state index is -0.782. The summed E-state index contributed by atoms with van der Waals surface area (Å²) in [5.74, 6) is -2.91. The fraction of sp³-hybridized carbons (Fsp3) is 0.0526. The van der Waals surface area contributed by atoms with Crippen LogP contribution in [0.25, 0.3) is 10.8 Å². The first-order valence-corrected chi connectivity index (χ1v) is 7.44. The molecule has 0 atom stereocenters. The monoisotopic (exact) mass is 341 g/mol. The number of esters is 1. The van der Waals surface area contributed by atoms with E-state index in [9.17, 15) is 18.4 Å². The van der Waals surface area contributed by atoms with Gasteiger partial charge in [-0.2, -0.15) is 0 Å². The lowest BCUT2D eigenvalue weighted by Crippen LogP contribution is -2.21. The molecule has 0 saturated carbocycles. The van der Waals surface area contributed by atoms with E-state index in [4.69, 9.17) is 4.74 Å². The van der Waals surface area contributed by atoms with Gasteiger partial charge in [0.25, 0.3) is 5.91 Å². The molecule has 0 saturated heterocycles. The number of rotatable bonds is 4.